The number of aliphatic hydroxyl groups is 1. The summed E-state index contributed by atoms with van der Waals surface area (Å²) in [6.45, 7) is 3.24. The monoisotopic (exact) mass is 276 g/mol. The molecule has 0 saturated heterocycles. The Kier molecular flexibility index (Phi) is 4.49. The number of carboxylic acids is 1. The summed E-state index contributed by atoms with van der Waals surface area (Å²) in [4.78, 5) is 10.8. The molecule has 18 heavy (non-hydrogen) atoms. The number of rotatable bonds is 6. The van der Waals surface area contributed by atoms with Crippen molar-refractivity contribution >= 4 is 16.0 Å². The molecule has 1 aromatic rings. The fourth-order valence-corrected chi connectivity index (χ4v) is 2.71. The highest BCUT2D eigenvalue weighted by Gasteiger charge is 2.22. The first-order chi connectivity index (χ1) is 8.31. The number of nitrogens with one attached hydrogen (secondary N) is 1. The first-order valence-corrected chi connectivity index (χ1v) is 6.86. The second kappa shape index (κ2) is 5.51. The summed E-state index contributed by atoms with van der Waals surface area (Å²) in [5.41, 5.74) is -0.0884. The lowest BCUT2D eigenvalue weighted by molar-refractivity contribution is 0.0685. The van der Waals surface area contributed by atoms with Gasteiger partial charge in [0.15, 0.2) is 0 Å². The SMILES string of the molecule is CCn1cc(S(=O)(=O)NC(C)CO)cc1C(=O)O. The number of aromatic nitrogens is 1. The molecule has 0 spiro atoms. The Balaban J connectivity index is 3.14. The third-order valence-corrected chi connectivity index (χ3v) is 3.93. The summed E-state index contributed by atoms with van der Waals surface area (Å²) >= 11 is 0. The van der Waals surface area contributed by atoms with E-state index in [2.05, 4.69) is 4.72 Å². The highest BCUT2D eigenvalue weighted by atomic mass is 32.2. The van der Waals surface area contributed by atoms with Crippen LogP contribution in [0.1, 0.15) is 24.3 Å². The van der Waals surface area contributed by atoms with Crippen LogP contribution in [0.15, 0.2) is 17.2 Å². The van der Waals surface area contributed by atoms with Gasteiger partial charge in [-0.15, -0.1) is 0 Å². The van der Waals surface area contributed by atoms with Crippen LogP contribution in [0.25, 0.3) is 0 Å². The zero-order valence-electron chi connectivity index (χ0n) is 10.1. The Morgan fingerprint density at radius 2 is 2.17 bits per heavy atom. The second-order valence-corrected chi connectivity index (χ2v) is 5.57. The minimum Gasteiger partial charge on any atom is -0.477 e. The Morgan fingerprint density at radius 3 is 2.56 bits per heavy atom. The molecule has 0 aromatic carbocycles. The summed E-state index contributed by atoms with van der Waals surface area (Å²) in [5.74, 6) is -1.19. The van der Waals surface area contributed by atoms with Gasteiger partial charge >= 0.3 is 5.97 Å². The average molecular weight is 276 g/mol. The fourth-order valence-electron chi connectivity index (χ4n) is 1.44. The normalized spacial score (nSPS) is 13.5. The maximum Gasteiger partial charge on any atom is 0.352 e. The molecule has 1 heterocycles. The molecule has 1 rings (SSSR count). The van der Waals surface area contributed by atoms with E-state index in [0.29, 0.717) is 6.54 Å². The van der Waals surface area contributed by atoms with Gasteiger partial charge in [0.1, 0.15) is 10.6 Å². The van der Waals surface area contributed by atoms with E-state index in [1.54, 1.807) is 6.92 Å². The summed E-state index contributed by atoms with van der Waals surface area (Å²) in [6, 6.07) is 0.464. The van der Waals surface area contributed by atoms with Gasteiger partial charge in [0, 0.05) is 18.8 Å². The minimum absolute atomic E-state index is 0.0884. The van der Waals surface area contributed by atoms with Crippen molar-refractivity contribution in [3.05, 3.63) is 18.0 Å². The van der Waals surface area contributed by atoms with Crippen molar-refractivity contribution < 1.29 is 23.4 Å². The van der Waals surface area contributed by atoms with Gasteiger partial charge in [-0.05, 0) is 19.9 Å². The van der Waals surface area contributed by atoms with E-state index >= 15 is 0 Å². The summed E-state index contributed by atoms with van der Waals surface area (Å²) in [6.07, 6.45) is 1.26. The molecule has 7 nitrogen and oxygen atoms in total. The predicted molar refractivity (Wildman–Crippen MR) is 63.9 cm³/mol. The van der Waals surface area contributed by atoms with Crippen LogP contribution in [0.4, 0.5) is 0 Å². The van der Waals surface area contributed by atoms with Crippen molar-refractivity contribution in [2.45, 2.75) is 31.3 Å². The maximum atomic E-state index is 11.9. The standard InChI is InChI=1S/C10H16N2O5S/c1-3-12-5-8(4-9(12)10(14)15)18(16,17)11-7(2)6-13/h4-5,7,11,13H,3,6H2,1-2H3,(H,14,15). The van der Waals surface area contributed by atoms with Gasteiger partial charge in [0.25, 0.3) is 0 Å². The van der Waals surface area contributed by atoms with Crippen LogP contribution in [0.5, 0.6) is 0 Å². The number of carboxylic acid groups (broad SMARTS) is 1. The van der Waals surface area contributed by atoms with Crippen LogP contribution in [0.3, 0.4) is 0 Å². The summed E-state index contributed by atoms with van der Waals surface area (Å²) < 4.78 is 27.3. The smallest absolute Gasteiger partial charge is 0.352 e. The first kappa shape index (κ1) is 14.7. The Labute approximate surface area is 105 Å². The number of nitrogens with zero attached hydrogens (tertiary/aromatic N) is 1. The van der Waals surface area contributed by atoms with E-state index < -0.39 is 22.0 Å². The van der Waals surface area contributed by atoms with E-state index in [0.717, 1.165) is 6.07 Å². The molecule has 0 aliphatic rings. The lowest BCUT2D eigenvalue weighted by atomic mass is 10.4. The van der Waals surface area contributed by atoms with Crippen molar-refractivity contribution in [3.63, 3.8) is 0 Å². The number of carbonyl (C=O) groups is 1. The molecule has 3 N–H and O–H groups in total. The molecular formula is C10H16N2O5S. The highest BCUT2D eigenvalue weighted by molar-refractivity contribution is 7.89. The number of sulfonamides is 1. The van der Waals surface area contributed by atoms with E-state index in [4.69, 9.17) is 10.2 Å². The third-order valence-electron chi connectivity index (χ3n) is 2.37. The molecule has 0 aliphatic carbocycles. The molecule has 8 heteroatoms. The molecule has 1 atom stereocenters. The topological polar surface area (TPSA) is 109 Å². The molecule has 1 aromatic heterocycles. The van der Waals surface area contributed by atoms with Crippen LogP contribution in [0, 0.1) is 0 Å². The van der Waals surface area contributed by atoms with Crippen LogP contribution < -0.4 is 4.72 Å². The third kappa shape index (κ3) is 3.09. The van der Waals surface area contributed by atoms with Crippen LogP contribution in [0.2, 0.25) is 0 Å². The first-order valence-electron chi connectivity index (χ1n) is 5.38. The van der Waals surface area contributed by atoms with E-state index in [9.17, 15) is 13.2 Å². The number of hydrogen-bond donors (Lipinski definition) is 3. The van der Waals surface area contributed by atoms with Gasteiger partial charge in [0.2, 0.25) is 10.0 Å². The van der Waals surface area contributed by atoms with Crippen LogP contribution >= 0.6 is 0 Å². The predicted octanol–water partition coefficient (Wildman–Crippen LogP) is -0.135. The van der Waals surface area contributed by atoms with Crippen molar-refractivity contribution in [1.82, 2.24) is 9.29 Å². The number of hydrogen-bond acceptors (Lipinski definition) is 4. The quantitative estimate of drug-likeness (QED) is 0.670. The number of aliphatic hydroxyl groups excluding tert-OH is 1. The molecule has 1 unspecified atom stereocenters. The van der Waals surface area contributed by atoms with Gasteiger partial charge in [-0.3, -0.25) is 0 Å². The van der Waals surface area contributed by atoms with Crippen molar-refractivity contribution in [2.24, 2.45) is 0 Å². The van der Waals surface area contributed by atoms with Crippen molar-refractivity contribution in [3.8, 4) is 0 Å². The molecule has 0 bridgehead atoms. The zero-order valence-corrected chi connectivity index (χ0v) is 10.9. The molecular weight excluding hydrogens is 260 g/mol. The summed E-state index contributed by atoms with van der Waals surface area (Å²) in [5, 5.41) is 17.7. The number of aryl methyl sites for hydroxylation is 1. The van der Waals surface area contributed by atoms with Gasteiger partial charge in [-0.25, -0.2) is 17.9 Å². The lowest BCUT2D eigenvalue weighted by Crippen LogP contribution is -2.34. The average Bonchev–Trinajstić information content (AvgIpc) is 2.73. The van der Waals surface area contributed by atoms with Gasteiger partial charge < -0.3 is 14.8 Å². The van der Waals surface area contributed by atoms with Crippen molar-refractivity contribution in [1.29, 1.82) is 0 Å². The van der Waals surface area contributed by atoms with Crippen molar-refractivity contribution in [2.75, 3.05) is 6.61 Å². The minimum atomic E-state index is -3.81. The fraction of sp³-hybridized carbons (Fsp3) is 0.500. The molecule has 0 fully saturated rings. The molecule has 0 amide bonds. The molecule has 0 radical (unpaired) electrons. The van der Waals surface area contributed by atoms with E-state index in [1.165, 1.54) is 17.7 Å². The summed E-state index contributed by atoms with van der Waals surface area (Å²) in [7, 11) is -3.81. The zero-order chi connectivity index (χ0) is 13.9. The molecule has 0 aliphatic heterocycles. The maximum absolute atomic E-state index is 11.9. The van der Waals surface area contributed by atoms with Crippen LogP contribution in [-0.4, -0.2) is 41.8 Å². The molecule has 0 saturated carbocycles. The lowest BCUT2D eigenvalue weighted by Gasteiger charge is -2.09. The molecule has 102 valence electrons. The van der Waals surface area contributed by atoms with Gasteiger partial charge in [0.05, 0.1) is 6.61 Å². The van der Waals surface area contributed by atoms with E-state index in [1.807, 2.05) is 0 Å². The largest absolute Gasteiger partial charge is 0.477 e. The Bertz CT molecular complexity index is 534. The second-order valence-electron chi connectivity index (χ2n) is 3.86. The Hall–Kier alpha value is -1.38. The van der Waals surface area contributed by atoms with Gasteiger partial charge in [-0.1, -0.05) is 0 Å². The number of aromatic carboxylic acids is 1. The van der Waals surface area contributed by atoms with E-state index in [-0.39, 0.29) is 17.2 Å². The van der Waals surface area contributed by atoms with Gasteiger partial charge in [-0.2, -0.15) is 0 Å². The Morgan fingerprint density at radius 1 is 1.56 bits per heavy atom. The van der Waals surface area contributed by atoms with Crippen LogP contribution in [-0.2, 0) is 16.6 Å². The highest BCUT2D eigenvalue weighted by Crippen LogP contribution is 2.15.